The molecule has 1 saturated carbocycles. The van der Waals surface area contributed by atoms with Crippen LogP contribution in [-0.2, 0) is 4.79 Å². The van der Waals surface area contributed by atoms with Crippen molar-refractivity contribution < 1.29 is 4.79 Å². The van der Waals surface area contributed by atoms with Gasteiger partial charge in [-0.25, -0.2) is 0 Å². The predicted octanol–water partition coefficient (Wildman–Crippen LogP) is 1.90. The van der Waals surface area contributed by atoms with Gasteiger partial charge in [0.05, 0.1) is 0 Å². The van der Waals surface area contributed by atoms with Gasteiger partial charge < -0.3 is 5.32 Å². The molecule has 3 heteroatoms. The minimum absolute atomic E-state index is 0.241. The third kappa shape index (κ3) is 3.22. The first-order valence-electron chi connectivity index (χ1n) is 4.98. The van der Waals surface area contributed by atoms with E-state index in [0.717, 1.165) is 18.8 Å². The highest BCUT2D eigenvalue weighted by molar-refractivity contribution is 7.98. The highest BCUT2D eigenvalue weighted by Gasteiger charge is 2.25. The van der Waals surface area contributed by atoms with Gasteiger partial charge in [0.15, 0.2) is 0 Å². The lowest BCUT2D eigenvalue weighted by molar-refractivity contribution is -0.125. The van der Waals surface area contributed by atoms with Crippen molar-refractivity contribution in [3.8, 4) is 0 Å². The summed E-state index contributed by atoms with van der Waals surface area (Å²) in [5.41, 5.74) is 0. The summed E-state index contributed by atoms with van der Waals surface area (Å²) in [5, 5.41) is 2.75. The van der Waals surface area contributed by atoms with Crippen LogP contribution in [0.4, 0.5) is 0 Å². The molecule has 1 aliphatic rings. The number of hydrogen-bond acceptors (Lipinski definition) is 2. The largest absolute Gasteiger partial charge is 0.359 e. The molecule has 1 rings (SSSR count). The molecular formula is C10H19NOS. The van der Waals surface area contributed by atoms with Gasteiger partial charge in [0, 0.05) is 13.0 Å². The molecule has 0 aromatic rings. The van der Waals surface area contributed by atoms with Crippen LogP contribution in [0.25, 0.3) is 0 Å². The van der Waals surface area contributed by atoms with E-state index < -0.39 is 0 Å². The molecule has 0 heterocycles. The second kappa shape index (κ2) is 5.53. The monoisotopic (exact) mass is 201 g/mol. The smallest absolute Gasteiger partial charge is 0.222 e. The van der Waals surface area contributed by atoms with Gasteiger partial charge in [-0.05, 0) is 37.2 Å². The van der Waals surface area contributed by atoms with E-state index in [1.54, 1.807) is 7.05 Å². The fourth-order valence-corrected chi connectivity index (χ4v) is 2.89. The Morgan fingerprint density at radius 1 is 1.54 bits per heavy atom. The first kappa shape index (κ1) is 10.9. The minimum Gasteiger partial charge on any atom is -0.359 e. The van der Waals surface area contributed by atoms with Crippen molar-refractivity contribution in [2.75, 3.05) is 19.1 Å². The molecule has 0 aromatic carbocycles. The Balaban J connectivity index is 2.37. The summed E-state index contributed by atoms with van der Waals surface area (Å²) >= 11 is 1.90. The third-order valence-corrected chi connectivity index (χ3v) is 3.61. The summed E-state index contributed by atoms with van der Waals surface area (Å²) < 4.78 is 0. The number of carbonyl (C=O) groups is 1. The van der Waals surface area contributed by atoms with Crippen molar-refractivity contribution in [3.05, 3.63) is 0 Å². The Kier molecular flexibility index (Phi) is 4.64. The molecule has 2 atom stereocenters. The van der Waals surface area contributed by atoms with Crippen LogP contribution in [0.5, 0.6) is 0 Å². The first-order chi connectivity index (χ1) is 6.27. The summed E-state index contributed by atoms with van der Waals surface area (Å²) in [5.74, 6) is 2.51. The lowest BCUT2D eigenvalue weighted by atomic mass is 9.82. The van der Waals surface area contributed by atoms with Gasteiger partial charge >= 0.3 is 0 Å². The Bertz CT molecular complexity index is 170. The van der Waals surface area contributed by atoms with Gasteiger partial charge in [-0.2, -0.15) is 11.8 Å². The van der Waals surface area contributed by atoms with E-state index in [9.17, 15) is 4.79 Å². The molecule has 1 amide bonds. The van der Waals surface area contributed by atoms with Crippen molar-refractivity contribution in [3.63, 3.8) is 0 Å². The summed E-state index contributed by atoms with van der Waals surface area (Å²) in [6, 6.07) is 0. The van der Waals surface area contributed by atoms with Crippen LogP contribution in [0.1, 0.15) is 25.7 Å². The molecule has 0 bridgehead atoms. The van der Waals surface area contributed by atoms with Crippen LogP contribution in [-0.4, -0.2) is 25.0 Å². The Morgan fingerprint density at radius 3 is 2.92 bits per heavy atom. The molecule has 0 aliphatic heterocycles. The number of rotatable bonds is 3. The van der Waals surface area contributed by atoms with Gasteiger partial charge in [0.2, 0.25) is 5.91 Å². The van der Waals surface area contributed by atoms with E-state index in [-0.39, 0.29) is 11.8 Å². The molecule has 1 N–H and O–H groups in total. The Morgan fingerprint density at radius 2 is 2.31 bits per heavy atom. The summed E-state index contributed by atoms with van der Waals surface area (Å²) in [6.45, 7) is 0. The van der Waals surface area contributed by atoms with Crippen LogP contribution in [0.3, 0.4) is 0 Å². The molecule has 0 spiro atoms. The summed E-state index contributed by atoms with van der Waals surface area (Å²) in [4.78, 5) is 11.4. The topological polar surface area (TPSA) is 29.1 Å². The normalized spacial score (nSPS) is 28.5. The number of nitrogens with one attached hydrogen (secondary N) is 1. The van der Waals surface area contributed by atoms with Crippen LogP contribution >= 0.6 is 11.8 Å². The highest BCUT2D eigenvalue weighted by Crippen LogP contribution is 2.30. The molecule has 1 aliphatic carbocycles. The van der Waals surface area contributed by atoms with Crippen molar-refractivity contribution in [2.24, 2.45) is 11.8 Å². The average molecular weight is 201 g/mol. The number of carbonyl (C=O) groups excluding carboxylic acids is 1. The maximum Gasteiger partial charge on any atom is 0.222 e. The van der Waals surface area contributed by atoms with Crippen molar-refractivity contribution in [2.45, 2.75) is 25.7 Å². The van der Waals surface area contributed by atoms with Crippen LogP contribution in [0.2, 0.25) is 0 Å². The van der Waals surface area contributed by atoms with Crippen LogP contribution in [0, 0.1) is 11.8 Å². The molecule has 2 nitrogen and oxygen atoms in total. The van der Waals surface area contributed by atoms with Gasteiger partial charge in [-0.1, -0.05) is 6.42 Å². The van der Waals surface area contributed by atoms with E-state index in [1.807, 2.05) is 11.8 Å². The number of thioether (sulfide) groups is 1. The van der Waals surface area contributed by atoms with Gasteiger partial charge in [-0.3, -0.25) is 4.79 Å². The quantitative estimate of drug-likeness (QED) is 0.755. The molecular weight excluding hydrogens is 182 g/mol. The fraction of sp³-hybridized carbons (Fsp3) is 0.900. The molecule has 0 aromatic heterocycles. The Hall–Kier alpha value is -0.180. The minimum atomic E-state index is 0.241. The SMILES string of the molecule is CNC(=O)C1CCCC(CSC)C1. The second-order valence-corrected chi connectivity index (χ2v) is 4.71. The van der Waals surface area contributed by atoms with Crippen LogP contribution in [0.15, 0.2) is 0 Å². The van der Waals surface area contributed by atoms with Crippen molar-refractivity contribution >= 4 is 17.7 Å². The third-order valence-electron chi connectivity index (χ3n) is 2.80. The van der Waals surface area contributed by atoms with Gasteiger partial charge in [0.25, 0.3) is 0 Å². The maximum atomic E-state index is 11.4. The highest BCUT2D eigenvalue weighted by atomic mass is 32.2. The summed E-state index contributed by atoms with van der Waals surface area (Å²) in [7, 11) is 1.74. The Labute approximate surface area is 84.9 Å². The lowest BCUT2D eigenvalue weighted by Crippen LogP contribution is -2.31. The molecule has 1 fully saturated rings. The van der Waals surface area contributed by atoms with Crippen molar-refractivity contribution in [1.82, 2.24) is 5.32 Å². The van der Waals surface area contributed by atoms with E-state index in [1.165, 1.54) is 18.6 Å². The molecule has 0 radical (unpaired) electrons. The average Bonchev–Trinajstić information content (AvgIpc) is 2.18. The van der Waals surface area contributed by atoms with Crippen molar-refractivity contribution in [1.29, 1.82) is 0 Å². The van der Waals surface area contributed by atoms with E-state index in [4.69, 9.17) is 0 Å². The number of hydrogen-bond donors (Lipinski definition) is 1. The van der Waals surface area contributed by atoms with E-state index >= 15 is 0 Å². The molecule has 0 saturated heterocycles. The zero-order valence-corrected chi connectivity index (χ0v) is 9.32. The lowest BCUT2D eigenvalue weighted by Gasteiger charge is -2.27. The first-order valence-corrected chi connectivity index (χ1v) is 6.37. The fourth-order valence-electron chi connectivity index (χ4n) is 2.12. The molecule has 76 valence electrons. The standard InChI is InChI=1S/C10H19NOS/c1-11-10(12)9-5-3-4-8(6-9)7-13-2/h8-9H,3-7H2,1-2H3,(H,11,12). The van der Waals surface area contributed by atoms with Gasteiger partial charge in [-0.15, -0.1) is 0 Å². The summed E-state index contributed by atoms with van der Waals surface area (Å²) in [6.07, 6.45) is 6.87. The second-order valence-electron chi connectivity index (χ2n) is 3.80. The van der Waals surface area contributed by atoms with E-state index in [0.29, 0.717) is 0 Å². The van der Waals surface area contributed by atoms with Crippen LogP contribution < -0.4 is 5.32 Å². The molecule has 13 heavy (non-hydrogen) atoms. The zero-order valence-electron chi connectivity index (χ0n) is 8.51. The van der Waals surface area contributed by atoms with Gasteiger partial charge in [0.1, 0.15) is 0 Å². The zero-order chi connectivity index (χ0) is 9.68. The van der Waals surface area contributed by atoms with E-state index in [2.05, 4.69) is 11.6 Å². The maximum absolute atomic E-state index is 11.4. The molecule has 2 unspecified atom stereocenters. The predicted molar refractivity (Wildman–Crippen MR) is 57.9 cm³/mol. The number of amides is 1.